The third-order valence-corrected chi connectivity index (χ3v) is 4.76. The maximum absolute atomic E-state index is 12.4. The van der Waals surface area contributed by atoms with Crippen LogP contribution >= 0.6 is 12.4 Å². The minimum atomic E-state index is -0.372. The molecule has 122 valence electrons. The molecule has 2 aliphatic heterocycles. The average Bonchev–Trinajstić information content (AvgIpc) is 2.85. The van der Waals surface area contributed by atoms with Crippen LogP contribution in [0.2, 0.25) is 0 Å². The highest BCUT2D eigenvalue weighted by molar-refractivity contribution is 5.85. The molecule has 2 heterocycles. The summed E-state index contributed by atoms with van der Waals surface area (Å²) in [7, 11) is 0. The number of fused-ring (bicyclic) bond motifs is 1. The second kappa shape index (κ2) is 6.88. The van der Waals surface area contributed by atoms with Crippen molar-refractivity contribution >= 4 is 18.3 Å². The number of carbonyl (C=O) groups is 1. The van der Waals surface area contributed by atoms with Crippen molar-refractivity contribution in [3.8, 4) is 5.75 Å². The Hall–Kier alpha value is -1.26. The summed E-state index contributed by atoms with van der Waals surface area (Å²) in [5, 5.41) is 6.52. The molecule has 0 radical (unpaired) electrons. The van der Waals surface area contributed by atoms with Crippen LogP contribution in [0.5, 0.6) is 5.75 Å². The van der Waals surface area contributed by atoms with E-state index in [2.05, 4.69) is 37.5 Å². The lowest BCUT2D eigenvalue weighted by Crippen LogP contribution is -2.51. The molecular formula is C17H25ClN2O2. The highest BCUT2D eigenvalue weighted by atomic mass is 35.5. The molecule has 1 fully saturated rings. The van der Waals surface area contributed by atoms with E-state index in [4.69, 9.17) is 4.74 Å². The zero-order valence-corrected chi connectivity index (χ0v) is 14.3. The van der Waals surface area contributed by atoms with Crippen LogP contribution in [0.25, 0.3) is 0 Å². The van der Waals surface area contributed by atoms with E-state index in [0.29, 0.717) is 12.3 Å². The first-order chi connectivity index (χ1) is 10.0. The van der Waals surface area contributed by atoms with Gasteiger partial charge >= 0.3 is 0 Å². The number of nitrogens with one attached hydrogen (secondary N) is 2. The summed E-state index contributed by atoms with van der Waals surface area (Å²) < 4.78 is 5.85. The van der Waals surface area contributed by atoms with E-state index < -0.39 is 0 Å². The third-order valence-electron chi connectivity index (χ3n) is 4.76. The van der Waals surface area contributed by atoms with Crippen molar-refractivity contribution in [2.24, 2.45) is 5.92 Å². The molecule has 0 aliphatic carbocycles. The SMILES string of the molecule is Cc1cc2c(cc1C)OC(C(=O)NC1CCNCC1C)C2.Cl. The number of benzene rings is 1. The lowest BCUT2D eigenvalue weighted by molar-refractivity contribution is -0.128. The average molecular weight is 325 g/mol. The van der Waals surface area contributed by atoms with Crippen molar-refractivity contribution < 1.29 is 9.53 Å². The lowest BCUT2D eigenvalue weighted by Gasteiger charge is -2.30. The van der Waals surface area contributed by atoms with Crippen LogP contribution in [0.3, 0.4) is 0 Å². The Kier molecular flexibility index (Phi) is 5.35. The summed E-state index contributed by atoms with van der Waals surface area (Å²) in [6, 6.07) is 4.45. The molecule has 0 spiro atoms. The van der Waals surface area contributed by atoms with Crippen LogP contribution in [0.15, 0.2) is 12.1 Å². The van der Waals surface area contributed by atoms with E-state index in [-0.39, 0.29) is 30.5 Å². The molecule has 1 aromatic rings. The fourth-order valence-electron chi connectivity index (χ4n) is 3.16. The first kappa shape index (κ1) is 17.1. The summed E-state index contributed by atoms with van der Waals surface area (Å²) in [6.45, 7) is 8.28. The second-order valence-electron chi connectivity index (χ2n) is 6.44. The Morgan fingerprint density at radius 2 is 2.05 bits per heavy atom. The van der Waals surface area contributed by atoms with Crippen LogP contribution in [0.1, 0.15) is 30.0 Å². The zero-order valence-electron chi connectivity index (χ0n) is 13.4. The van der Waals surface area contributed by atoms with Crippen LogP contribution < -0.4 is 15.4 Å². The highest BCUT2D eigenvalue weighted by Gasteiger charge is 2.32. The molecule has 0 bridgehead atoms. The van der Waals surface area contributed by atoms with Crippen molar-refractivity contribution in [2.45, 2.75) is 45.8 Å². The summed E-state index contributed by atoms with van der Waals surface area (Å²) in [5.74, 6) is 1.37. The van der Waals surface area contributed by atoms with Crippen molar-refractivity contribution in [3.05, 3.63) is 28.8 Å². The number of aryl methyl sites for hydroxylation is 2. The van der Waals surface area contributed by atoms with Gasteiger partial charge in [0.15, 0.2) is 6.10 Å². The minimum Gasteiger partial charge on any atom is -0.480 e. The van der Waals surface area contributed by atoms with E-state index >= 15 is 0 Å². The maximum Gasteiger partial charge on any atom is 0.261 e. The first-order valence-electron chi connectivity index (χ1n) is 7.82. The molecular weight excluding hydrogens is 300 g/mol. The largest absolute Gasteiger partial charge is 0.480 e. The van der Waals surface area contributed by atoms with E-state index in [1.165, 1.54) is 11.1 Å². The second-order valence-corrected chi connectivity index (χ2v) is 6.44. The van der Waals surface area contributed by atoms with E-state index in [9.17, 15) is 4.79 Å². The van der Waals surface area contributed by atoms with Crippen LogP contribution in [-0.4, -0.2) is 31.1 Å². The molecule has 1 aromatic carbocycles. The molecule has 0 aromatic heterocycles. The van der Waals surface area contributed by atoms with Crippen LogP contribution in [0.4, 0.5) is 0 Å². The number of ether oxygens (including phenoxy) is 1. The molecule has 1 amide bonds. The summed E-state index contributed by atoms with van der Waals surface area (Å²) >= 11 is 0. The molecule has 2 aliphatic rings. The number of carbonyl (C=O) groups excluding carboxylic acids is 1. The molecule has 2 N–H and O–H groups in total. The lowest BCUT2D eigenvalue weighted by atomic mass is 9.95. The van der Waals surface area contributed by atoms with Gasteiger partial charge in [0.2, 0.25) is 0 Å². The Morgan fingerprint density at radius 3 is 2.77 bits per heavy atom. The van der Waals surface area contributed by atoms with Gasteiger partial charge in [-0.1, -0.05) is 13.0 Å². The van der Waals surface area contributed by atoms with Crippen LogP contribution in [-0.2, 0) is 11.2 Å². The molecule has 0 saturated carbocycles. The molecule has 4 nitrogen and oxygen atoms in total. The normalized spacial score (nSPS) is 26.6. The molecule has 3 rings (SSSR count). The standard InChI is InChI=1S/C17H24N2O2.ClH/c1-10-6-13-8-16(21-15(13)7-11(10)2)17(20)19-14-4-5-18-9-12(14)3;/h6-7,12,14,16,18H,4-5,8-9H2,1-3H3,(H,19,20);1H. The zero-order chi connectivity index (χ0) is 15.0. The van der Waals surface area contributed by atoms with Gasteiger partial charge in [-0.25, -0.2) is 0 Å². The Bertz CT molecular complexity index is 531. The topological polar surface area (TPSA) is 50.4 Å². The predicted octanol–water partition coefficient (Wildman–Crippen LogP) is 2.14. The highest BCUT2D eigenvalue weighted by Crippen LogP contribution is 2.31. The summed E-state index contributed by atoms with van der Waals surface area (Å²) in [5.41, 5.74) is 3.61. The quantitative estimate of drug-likeness (QED) is 0.876. The fraction of sp³-hybridized carbons (Fsp3) is 0.588. The van der Waals surface area contributed by atoms with Gasteiger partial charge in [-0.15, -0.1) is 12.4 Å². The van der Waals surface area contributed by atoms with E-state index in [1.807, 2.05) is 6.07 Å². The van der Waals surface area contributed by atoms with E-state index in [1.54, 1.807) is 0 Å². The van der Waals surface area contributed by atoms with Gasteiger partial charge in [-0.3, -0.25) is 4.79 Å². The maximum atomic E-state index is 12.4. The van der Waals surface area contributed by atoms with Crippen molar-refractivity contribution in [2.75, 3.05) is 13.1 Å². The number of amides is 1. The van der Waals surface area contributed by atoms with Gasteiger partial charge in [0, 0.05) is 12.5 Å². The Balaban J connectivity index is 0.00000176. The number of hydrogen-bond acceptors (Lipinski definition) is 3. The van der Waals surface area contributed by atoms with E-state index in [0.717, 1.165) is 30.8 Å². The minimum absolute atomic E-state index is 0. The van der Waals surface area contributed by atoms with Crippen molar-refractivity contribution in [3.63, 3.8) is 0 Å². The number of piperidine rings is 1. The smallest absolute Gasteiger partial charge is 0.261 e. The van der Waals surface area contributed by atoms with Crippen molar-refractivity contribution in [1.29, 1.82) is 0 Å². The Morgan fingerprint density at radius 1 is 1.32 bits per heavy atom. The molecule has 5 heteroatoms. The van der Waals surface area contributed by atoms with Gasteiger partial charge in [-0.2, -0.15) is 0 Å². The van der Waals surface area contributed by atoms with Crippen molar-refractivity contribution in [1.82, 2.24) is 10.6 Å². The van der Waals surface area contributed by atoms with Gasteiger partial charge in [-0.05, 0) is 62.0 Å². The fourth-order valence-corrected chi connectivity index (χ4v) is 3.16. The van der Waals surface area contributed by atoms with Gasteiger partial charge in [0.05, 0.1) is 0 Å². The molecule has 3 unspecified atom stereocenters. The number of halogens is 1. The third kappa shape index (κ3) is 3.39. The predicted molar refractivity (Wildman–Crippen MR) is 89.9 cm³/mol. The first-order valence-corrected chi connectivity index (χ1v) is 7.82. The van der Waals surface area contributed by atoms with Gasteiger partial charge in [0.1, 0.15) is 5.75 Å². The number of hydrogen-bond donors (Lipinski definition) is 2. The van der Waals surface area contributed by atoms with Gasteiger partial charge in [0.25, 0.3) is 5.91 Å². The molecule has 22 heavy (non-hydrogen) atoms. The number of rotatable bonds is 2. The van der Waals surface area contributed by atoms with Gasteiger partial charge < -0.3 is 15.4 Å². The Labute approximate surface area is 138 Å². The summed E-state index contributed by atoms with van der Waals surface area (Å²) in [6.07, 6.45) is 1.30. The van der Waals surface area contributed by atoms with Crippen LogP contribution in [0, 0.1) is 19.8 Å². The monoisotopic (exact) mass is 324 g/mol. The molecule has 3 atom stereocenters. The molecule has 1 saturated heterocycles. The summed E-state index contributed by atoms with van der Waals surface area (Å²) in [4.78, 5) is 12.4.